The third-order valence-electron chi connectivity index (χ3n) is 5.89. The highest BCUT2D eigenvalue weighted by Crippen LogP contribution is 2.38. The van der Waals surface area contributed by atoms with E-state index in [4.69, 9.17) is 17.2 Å². The minimum absolute atomic E-state index is 0.0383. The Labute approximate surface area is 200 Å². The number of benzene rings is 3. The van der Waals surface area contributed by atoms with E-state index in [-0.39, 0.29) is 12.2 Å². The van der Waals surface area contributed by atoms with Crippen molar-refractivity contribution in [1.29, 1.82) is 0 Å². The molecule has 0 aliphatic heterocycles. The summed E-state index contributed by atoms with van der Waals surface area (Å²) >= 11 is 0. The summed E-state index contributed by atoms with van der Waals surface area (Å²) < 4.78 is 14.6. The molecule has 9 heteroatoms. The molecule has 0 aliphatic carbocycles. The van der Waals surface area contributed by atoms with Crippen molar-refractivity contribution in [2.24, 2.45) is 11.5 Å². The van der Waals surface area contributed by atoms with Crippen LogP contribution in [0.1, 0.15) is 5.56 Å². The Morgan fingerprint density at radius 3 is 2.31 bits per heavy atom. The topological polar surface area (TPSA) is 140 Å². The van der Waals surface area contributed by atoms with Gasteiger partial charge in [-0.3, -0.25) is 15.0 Å². The second-order valence-corrected chi connectivity index (χ2v) is 7.97. The largest absolute Gasteiger partial charge is 0.382 e. The summed E-state index contributed by atoms with van der Waals surface area (Å²) in [4.78, 5) is 17.5. The molecule has 2 heterocycles. The van der Waals surface area contributed by atoms with Crippen LogP contribution >= 0.6 is 0 Å². The highest BCUT2D eigenvalue weighted by Gasteiger charge is 2.20. The van der Waals surface area contributed by atoms with Crippen molar-refractivity contribution < 1.29 is 9.18 Å². The second-order valence-electron chi connectivity index (χ2n) is 7.97. The smallest absolute Gasteiger partial charge is 0.323 e. The maximum Gasteiger partial charge on any atom is 0.323 e. The summed E-state index contributed by atoms with van der Waals surface area (Å²) in [5, 5.41) is 8.03. The molecule has 2 amide bonds. The van der Waals surface area contributed by atoms with Gasteiger partial charge in [-0.05, 0) is 58.7 Å². The molecule has 0 bridgehead atoms. The fourth-order valence-electron chi connectivity index (χ4n) is 4.20. The number of urea groups is 1. The lowest BCUT2D eigenvalue weighted by molar-refractivity contribution is 0.256. The molecule has 0 aliphatic rings. The Bertz CT molecular complexity index is 1530. The molecular formula is C26H22FN7O. The van der Waals surface area contributed by atoms with Crippen LogP contribution in [0.4, 0.5) is 26.4 Å². The fourth-order valence-corrected chi connectivity index (χ4v) is 4.20. The molecule has 0 radical (unpaired) electrons. The first-order valence-corrected chi connectivity index (χ1v) is 10.8. The summed E-state index contributed by atoms with van der Waals surface area (Å²) in [6.07, 6.45) is 3.45. The van der Waals surface area contributed by atoms with E-state index in [2.05, 4.69) is 15.2 Å². The normalized spacial score (nSPS) is 11.0. The predicted molar refractivity (Wildman–Crippen MR) is 135 cm³/mol. The van der Waals surface area contributed by atoms with Gasteiger partial charge in [0.2, 0.25) is 0 Å². The molecule has 0 spiro atoms. The molecule has 0 unspecified atom stereocenters. The van der Waals surface area contributed by atoms with E-state index in [1.54, 1.807) is 30.6 Å². The average Bonchev–Trinajstić information content (AvgIpc) is 3.27. The number of hydrogen-bond donors (Lipinski definition) is 4. The predicted octanol–water partition coefficient (Wildman–Crippen LogP) is 4.69. The number of hydrogen-bond acceptors (Lipinski definition) is 5. The van der Waals surface area contributed by atoms with E-state index in [1.807, 2.05) is 36.4 Å². The number of nitrogen functional groups attached to an aromatic ring is 1. The van der Waals surface area contributed by atoms with E-state index in [0.29, 0.717) is 17.1 Å². The van der Waals surface area contributed by atoms with Gasteiger partial charge in [-0.2, -0.15) is 5.10 Å². The van der Waals surface area contributed by atoms with Gasteiger partial charge < -0.3 is 17.2 Å². The van der Waals surface area contributed by atoms with Crippen LogP contribution in [0.2, 0.25) is 0 Å². The van der Waals surface area contributed by atoms with Crippen LogP contribution in [0, 0.1) is 5.82 Å². The molecule has 0 saturated heterocycles. The molecule has 0 saturated carbocycles. The number of carbonyl (C=O) groups is 1. The molecule has 3 aromatic carbocycles. The number of amides is 2. The van der Waals surface area contributed by atoms with Crippen LogP contribution in [-0.2, 0) is 6.54 Å². The third kappa shape index (κ3) is 3.94. The zero-order valence-corrected chi connectivity index (χ0v) is 18.6. The lowest BCUT2D eigenvalue weighted by Crippen LogP contribution is -2.32. The number of nitrogens with one attached hydrogen (secondary N) is 1. The number of anilines is 3. The number of fused-ring (bicyclic) bond motifs is 1. The van der Waals surface area contributed by atoms with Gasteiger partial charge in [0.1, 0.15) is 5.82 Å². The van der Waals surface area contributed by atoms with Crippen molar-refractivity contribution in [2.45, 2.75) is 6.54 Å². The zero-order chi connectivity index (χ0) is 24.5. The molecule has 0 atom stereocenters. The Morgan fingerprint density at radius 2 is 1.63 bits per heavy atom. The number of pyridine rings is 1. The Morgan fingerprint density at radius 1 is 0.943 bits per heavy atom. The van der Waals surface area contributed by atoms with E-state index in [1.165, 1.54) is 12.1 Å². The Balaban J connectivity index is 1.58. The van der Waals surface area contributed by atoms with Crippen molar-refractivity contribution in [2.75, 3.05) is 10.6 Å². The highest BCUT2D eigenvalue weighted by molar-refractivity contribution is 6.08. The number of aromatic amines is 1. The van der Waals surface area contributed by atoms with Gasteiger partial charge in [0.05, 0.1) is 22.3 Å². The molecule has 174 valence electrons. The SMILES string of the molecule is NCc1ccc(F)c(N(C(N)=O)c2ccc(-c3ccc(-c4ccncc4)c4[nH]nc(N)c34)cc2)c1. The lowest BCUT2D eigenvalue weighted by Gasteiger charge is -2.22. The van der Waals surface area contributed by atoms with Gasteiger partial charge in [-0.15, -0.1) is 0 Å². The molecule has 2 aromatic heterocycles. The lowest BCUT2D eigenvalue weighted by atomic mass is 9.96. The van der Waals surface area contributed by atoms with Crippen molar-refractivity contribution in [1.82, 2.24) is 15.2 Å². The van der Waals surface area contributed by atoms with E-state index >= 15 is 0 Å². The van der Waals surface area contributed by atoms with Crippen LogP contribution < -0.4 is 22.1 Å². The van der Waals surface area contributed by atoms with Crippen molar-refractivity contribution in [3.63, 3.8) is 0 Å². The van der Waals surface area contributed by atoms with Crippen LogP contribution in [0.5, 0.6) is 0 Å². The first-order chi connectivity index (χ1) is 17.0. The first-order valence-electron chi connectivity index (χ1n) is 10.8. The van der Waals surface area contributed by atoms with Crippen LogP contribution in [0.3, 0.4) is 0 Å². The molecule has 5 rings (SSSR count). The van der Waals surface area contributed by atoms with E-state index in [0.717, 1.165) is 38.1 Å². The number of H-pyrrole nitrogens is 1. The van der Waals surface area contributed by atoms with Gasteiger partial charge in [0, 0.05) is 24.5 Å². The van der Waals surface area contributed by atoms with Crippen molar-refractivity contribution in [3.05, 3.63) is 90.5 Å². The van der Waals surface area contributed by atoms with Crippen molar-refractivity contribution >= 4 is 34.1 Å². The summed E-state index contributed by atoms with van der Waals surface area (Å²) in [7, 11) is 0. The van der Waals surface area contributed by atoms with Crippen LogP contribution in [0.15, 0.2) is 79.1 Å². The molecule has 8 nitrogen and oxygen atoms in total. The van der Waals surface area contributed by atoms with Gasteiger partial charge in [0.15, 0.2) is 5.82 Å². The number of aromatic nitrogens is 3. The monoisotopic (exact) mass is 467 g/mol. The average molecular weight is 468 g/mol. The minimum atomic E-state index is -0.811. The quantitative estimate of drug-likeness (QED) is 0.297. The van der Waals surface area contributed by atoms with Crippen LogP contribution in [0.25, 0.3) is 33.2 Å². The van der Waals surface area contributed by atoms with E-state index in [9.17, 15) is 9.18 Å². The molecule has 35 heavy (non-hydrogen) atoms. The number of primary amides is 1. The summed E-state index contributed by atoms with van der Waals surface area (Å²) in [5.74, 6) is -0.209. The maximum absolute atomic E-state index is 14.6. The zero-order valence-electron chi connectivity index (χ0n) is 18.6. The van der Waals surface area contributed by atoms with E-state index < -0.39 is 11.8 Å². The summed E-state index contributed by atoms with van der Waals surface area (Å²) in [6.45, 7) is 0.205. The molecule has 5 aromatic rings. The Kier molecular flexibility index (Phi) is 5.60. The van der Waals surface area contributed by atoms with Gasteiger partial charge in [-0.25, -0.2) is 9.18 Å². The summed E-state index contributed by atoms with van der Waals surface area (Å²) in [5.41, 5.74) is 23.1. The number of halogens is 1. The Hall–Kier alpha value is -4.76. The molecular weight excluding hydrogens is 445 g/mol. The summed E-state index contributed by atoms with van der Waals surface area (Å²) in [6, 6.07) is 18.4. The minimum Gasteiger partial charge on any atom is -0.382 e. The molecule has 0 fully saturated rings. The number of rotatable bonds is 5. The third-order valence-corrected chi connectivity index (χ3v) is 5.89. The van der Waals surface area contributed by atoms with Gasteiger partial charge in [-0.1, -0.05) is 30.3 Å². The standard InChI is InChI=1S/C26H22FN7O/c27-21-8-1-15(14-28)13-22(21)34(26(30)35)18-4-2-16(3-5-18)19-6-7-20(17-9-11-31-12-10-17)24-23(19)25(29)33-32-24/h1-13H,14,28H2,(H2,30,35)(H3,29,32,33). The molecule has 7 N–H and O–H groups in total. The highest BCUT2D eigenvalue weighted by atomic mass is 19.1. The maximum atomic E-state index is 14.6. The van der Waals surface area contributed by atoms with Gasteiger partial charge >= 0.3 is 6.03 Å². The number of nitrogens with zero attached hydrogens (tertiary/aromatic N) is 3. The fraction of sp³-hybridized carbons (Fsp3) is 0.0385. The van der Waals surface area contributed by atoms with Crippen LogP contribution in [-0.4, -0.2) is 21.2 Å². The first kappa shape index (κ1) is 22.1. The van der Waals surface area contributed by atoms with Gasteiger partial charge in [0.25, 0.3) is 0 Å². The van der Waals surface area contributed by atoms with Crippen molar-refractivity contribution in [3.8, 4) is 22.3 Å². The second kappa shape index (κ2) is 8.88. The number of nitrogens with two attached hydrogens (primary N) is 3. The number of carbonyl (C=O) groups excluding carboxylic acids is 1.